The van der Waals surface area contributed by atoms with Crippen molar-refractivity contribution in [3.63, 3.8) is 0 Å². The topological polar surface area (TPSA) is 29.5 Å². The lowest BCUT2D eigenvalue weighted by Crippen LogP contribution is -2.45. The van der Waals surface area contributed by atoms with Crippen LogP contribution >= 0.6 is 11.6 Å². The lowest BCUT2D eigenvalue weighted by Gasteiger charge is -2.36. The molecule has 0 radical (unpaired) electrons. The van der Waals surface area contributed by atoms with E-state index in [0.29, 0.717) is 6.42 Å². The summed E-state index contributed by atoms with van der Waals surface area (Å²) in [5, 5.41) is 11.3. The molecule has 1 fully saturated rings. The van der Waals surface area contributed by atoms with Crippen LogP contribution in [0.25, 0.3) is 0 Å². The highest BCUT2D eigenvalue weighted by molar-refractivity contribution is 6.30. The summed E-state index contributed by atoms with van der Waals surface area (Å²) in [5.41, 5.74) is 0.744. The summed E-state index contributed by atoms with van der Waals surface area (Å²) in [4.78, 5) is 0. The second kappa shape index (κ2) is 6.74. The number of methoxy groups -OCH3 is 1. The second-order valence-electron chi connectivity index (χ2n) is 5.53. The van der Waals surface area contributed by atoms with Crippen LogP contribution in [-0.2, 0) is 11.2 Å². The van der Waals surface area contributed by atoms with Gasteiger partial charge in [0.05, 0.1) is 11.7 Å². The van der Waals surface area contributed by atoms with Gasteiger partial charge in [0.2, 0.25) is 0 Å². The first-order valence-corrected chi connectivity index (χ1v) is 7.52. The molecule has 0 bridgehead atoms. The summed E-state index contributed by atoms with van der Waals surface area (Å²) in [7, 11) is 1.73. The van der Waals surface area contributed by atoms with Gasteiger partial charge in [-0.15, -0.1) is 0 Å². The number of hydrogen-bond donors (Lipinski definition) is 1. The Labute approximate surface area is 120 Å². The van der Waals surface area contributed by atoms with E-state index in [-0.39, 0.29) is 5.60 Å². The van der Waals surface area contributed by atoms with E-state index in [0.717, 1.165) is 36.3 Å². The number of rotatable bonds is 4. The third kappa shape index (κ3) is 3.71. The molecule has 0 spiro atoms. The van der Waals surface area contributed by atoms with Crippen LogP contribution in [0, 0.1) is 0 Å². The van der Waals surface area contributed by atoms with E-state index in [1.807, 2.05) is 24.3 Å². The second-order valence-corrected chi connectivity index (χ2v) is 5.97. The van der Waals surface area contributed by atoms with Crippen molar-refractivity contribution in [3.8, 4) is 0 Å². The molecule has 2 rings (SSSR count). The van der Waals surface area contributed by atoms with Crippen LogP contribution in [0.15, 0.2) is 24.3 Å². The van der Waals surface area contributed by atoms with E-state index in [1.165, 1.54) is 12.8 Å². The highest BCUT2D eigenvalue weighted by Gasteiger charge is 2.38. The Morgan fingerprint density at radius 2 is 1.74 bits per heavy atom. The molecule has 2 nitrogen and oxygen atoms in total. The highest BCUT2D eigenvalue weighted by Crippen LogP contribution is 2.34. The Morgan fingerprint density at radius 3 is 2.26 bits per heavy atom. The quantitative estimate of drug-likeness (QED) is 0.847. The molecule has 0 saturated heterocycles. The molecule has 1 N–H and O–H groups in total. The number of benzene rings is 1. The van der Waals surface area contributed by atoms with E-state index in [2.05, 4.69) is 0 Å². The molecule has 1 saturated carbocycles. The molecule has 0 heterocycles. The minimum atomic E-state index is -0.447. The van der Waals surface area contributed by atoms with Gasteiger partial charge in [0.15, 0.2) is 0 Å². The van der Waals surface area contributed by atoms with E-state index in [1.54, 1.807) is 7.11 Å². The van der Waals surface area contributed by atoms with Gasteiger partial charge in [-0.05, 0) is 30.5 Å². The van der Waals surface area contributed by atoms with Crippen LogP contribution in [0.3, 0.4) is 0 Å². The van der Waals surface area contributed by atoms with Crippen LogP contribution in [0.5, 0.6) is 0 Å². The van der Waals surface area contributed by atoms with Crippen LogP contribution in [0.4, 0.5) is 0 Å². The Morgan fingerprint density at radius 1 is 1.16 bits per heavy atom. The Kier molecular flexibility index (Phi) is 5.26. The molecule has 1 aliphatic carbocycles. The molecule has 1 unspecified atom stereocenters. The fourth-order valence-electron chi connectivity index (χ4n) is 3.03. The molecule has 1 atom stereocenters. The van der Waals surface area contributed by atoms with Gasteiger partial charge in [-0.25, -0.2) is 0 Å². The maximum atomic E-state index is 10.6. The molecule has 106 valence electrons. The highest BCUT2D eigenvalue weighted by atomic mass is 35.5. The number of ether oxygens (including phenoxy) is 1. The molecular formula is C16H23ClO2. The third-order valence-corrected chi connectivity index (χ3v) is 4.56. The zero-order valence-corrected chi connectivity index (χ0v) is 12.3. The molecule has 1 aliphatic rings. The van der Waals surface area contributed by atoms with Crippen molar-refractivity contribution in [2.24, 2.45) is 0 Å². The van der Waals surface area contributed by atoms with Crippen LogP contribution in [0.1, 0.15) is 44.1 Å². The van der Waals surface area contributed by atoms with Gasteiger partial charge in [-0.2, -0.15) is 0 Å². The van der Waals surface area contributed by atoms with Gasteiger partial charge in [-0.3, -0.25) is 0 Å². The molecule has 3 heteroatoms. The SMILES string of the molecule is COC1(C(O)Cc2ccc(Cl)cc2)CCCCCC1. The summed E-state index contributed by atoms with van der Waals surface area (Å²) < 4.78 is 5.74. The Bertz CT molecular complexity index is 380. The third-order valence-electron chi connectivity index (χ3n) is 4.31. The predicted octanol–water partition coefficient (Wildman–Crippen LogP) is 3.98. The van der Waals surface area contributed by atoms with Gasteiger partial charge >= 0.3 is 0 Å². The van der Waals surface area contributed by atoms with Crippen molar-refractivity contribution < 1.29 is 9.84 Å². The maximum absolute atomic E-state index is 10.6. The zero-order valence-electron chi connectivity index (χ0n) is 11.6. The van der Waals surface area contributed by atoms with Crippen LogP contribution < -0.4 is 0 Å². The van der Waals surface area contributed by atoms with Crippen LogP contribution in [0.2, 0.25) is 5.02 Å². The van der Waals surface area contributed by atoms with E-state index >= 15 is 0 Å². The summed E-state index contributed by atoms with van der Waals surface area (Å²) in [6.45, 7) is 0. The first-order chi connectivity index (χ1) is 9.16. The number of halogens is 1. The maximum Gasteiger partial charge on any atom is 0.0939 e. The summed E-state index contributed by atoms with van der Waals surface area (Å²) in [6.07, 6.45) is 6.88. The average molecular weight is 283 g/mol. The monoisotopic (exact) mass is 282 g/mol. The molecular weight excluding hydrogens is 260 g/mol. The fourth-order valence-corrected chi connectivity index (χ4v) is 3.16. The summed E-state index contributed by atoms with van der Waals surface area (Å²) in [5.74, 6) is 0. The van der Waals surface area contributed by atoms with E-state index in [4.69, 9.17) is 16.3 Å². The smallest absolute Gasteiger partial charge is 0.0939 e. The number of hydrogen-bond acceptors (Lipinski definition) is 2. The standard InChI is InChI=1S/C16H23ClO2/c1-19-16(10-4-2-3-5-11-16)15(18)12-13-6-8-14(17)9-7-13/h6-9,15,18H,2-5,10-12H2,1H3. The van der Waals surface area contributed by atoms with Gasteiger partial charge in [0, 0.05) is 18.6 Å². The van der Waals surface area contributed by atoms with Gasteiger partial charge < -0.3 is 9.84 Å². The lowest BCUT2D eigenvalue weighted by atomic mass is 9.85. The lowest BCUT2D eigenvalue weighted by molar-refractivity contribution is -0.111. The van der Waals surface area contributed by atoms with Gasteiger partial charge in [0.25, 0.3) is 0 Å². The van der Waals surface area contributed by atoms with E-state index < -0.39 is 6.10 Å². The van der Waals surface area contributed by atoms with Crippen molar-refractivity contribution in [1.82, 2.24) is 0 Å². The zero-order chi connectivity index (χ0) is 13.7. The van der Waals surface area contributed by atoms with Crippen molar-refractivity contribution in [2.75, 3.05) is 7.11 Å². The van der Waals surface area contributed by atoms with Crippen molar-refractivity contribution in [2.45, 2.75) is 56.7 Å². The minimum absolute atomic E-state index is 0.365. The predicted molar refractivity (Wildman–Crippen MR) is 78.6 cm³/mol. The molecule has 1 aromatic carbocycles. The van der Waals surface area contributed by atoms with Crippen molar-refractivity contribution in [3.05, 3.63) is 34.9 Å². The summed E-state index contributed by atoms with van der Waals surface area (Å²) >= 11 is 5.89. The average Bonchev–Trinajstić information content (AvgIpc) is 2.67. The first kappa shape index (κ1) is 14.8. The Hall–Kier alpha value is -0.570. The minimum Gasteiger partial charge on any atom is -0.390 e. The summed E-state index contributed by atoms with van der Waals surface area (Å²) in [6, 6.07) is 7.70. The first-order valence-electron chi connectivity index (χ1n) is 7.14. The molecule has 0 amide bonds. The molecule has 0 aromatic heterocycles. The van der Waals surface area contributed by atoms with Gasteiger partial charge in [-0.1, -0.05) is 49.4 Å². The van der Waals surface area contributed by atoms with Crippen molar-refractivity contribution >= 4 is 11.6 Å². The van der Waals surface area contributed by atoms with E-state index in [9.17, 15) is 5.11 Å². The fraction of sp³-hybridized carbons (Fsp3) is 0.625. The molecule has 19 heavy (non-hydrogen) atoms. The van der Waals surface area contributed by atoms with Crippen molar-refractivity contribution in [1.29, 1.82) is 0 Å². The van der Waals surface area contributed by atoms with Crippen LogP contribution in [-0.4, -0.2) is 23.9 Å². The number of aliphatic hydroxyl groups is 1. The Balaban J connectivity index is 2.07. The number of aliphatic hydroxyl groups excluding tert-OH is 1. The normalized spacial score (nSPS) is 20.8. The molecule has 0 aliphatic heterocycles. The largest absolute Gasteiger partial charge is 0.390 e. The van der Waals surface area contributed by atoms with Gasteiger partial charge in [0.1, 0.15) is 0 Å². The molecule has 1 aromatic rings.